The van der Waals surface area contributed by atoms with E-state index in [0.717, 1.165) is 12.8 Å². The summed E-state index contributed by atoms with van der Waals surface area (Å²) in [6.07, 6.45) is 27.1. The van der Waals surface area contributed by atoms with Gasteiger partial charge in [0.2, 0.25) is 0 Å². The summed E-state index contributed by atoms with van der Waals surface area (Å²) in [6, 6.07) is 0. The predicted octanol–water partition coefficient (Wildman–Crippen LogP) is 7.12. The van der Waals surface area contributed by atoms with Crippen LogP contribution in [0.25, 0.3) is 0 Å². The largest absolute Gasteiger partial charge is 0.466 e. The van der Waals surface area contributed by atoms with Crippen molar-refractivity contribution < 1.29 is 9.53 Å². The van der Waals surface area contributed by atoms with Crippen LogP contribution in [0.4, 0.5) is 0 Å². The Morgan fingerprint density at radius 2 is 0.958 bits per heavy atom. The monoisotopic (exact) mass is 336 g/mol. The molecule has 0 fully saturated rings. The SMILES string of the molecule is O=C1CCCCCCCCCCC/C=C\CCCCCCCCO1. The van der Waals surface area contributed by atoms with Crippen LogP contribution in [-0.2, 0) is 9.53 Å². The van der Waals surface area contributed by atoms with Gasteiger partial charge in [-0.2, -0.15) is 0 Å². The molecule has 0 amide bonds. The summed E-state index contributed by atoms with van der Waals surface area (Å²) in [7, 11) is 0. The van der Waals surface area contributed by atoms with Gasteiger partial charge in [0.25, 0.3) is 0 Å². The van der Waals surface area contributed by atoms with Crippen LogP contribution in [0, 0.1) is 0 Å². The van der Waals surface area contributed by atoms with E-state index in [-0.39, 0.29) is 5.97 Å². The molecule has 0 saturated heterocycles. The lowest BCUT2D eigenvalue weighted by Crippen LogP contribution is -2.05. The van der Waals surface area contributed by atoms with Gasteiger partial charge >= 0.3 is 5.97 Å². The Bertz CT molecular complexity index is 309. The Balaban J connectivity index is 2.13. The third-order valence-corrected chi connectivity index (χ3v) is 4.95. The number of hydrogen-bond acceptors (Lipinski definition) is 2. The molecule has 1 aliphatic rings. The lowest BCUT2D eigenvalue weighted by Gasteiger charge is -2.05. The number of hydrogen-bond donors (Lipinski definition) is 0. The van der Waals surface area contributed by atoms with E-state index in [2.05, 4.69) is 12.2 Å². The van der Waals surface area contributed by atoms with Crippen molar-refractivity contribution in [1.29, 1.82) is 0 Å². The van der Waals surface area contributed by atoms with Gasteiger partial charge < -0.3 is 4.74 Å². The van der Waals surface area contributed by atoms with Crippen molar-refractivity contribution in [1.82, 2.24) is 0 Å². The highest BCUT2D eigenvalue weighted by atomic mass is 16.5. The van der Waals surface area contributed by atoms with Crippen LogP contribution < -0.4 is 0 Å². The Kier molecular flexibility index (Phi) is 15.1. The van der Waals surface area contributed by atoms with Crippen molar-refractivity contribution >= 4 is 5.97 Å². The van der Waals surface area contributed by atoms with Gasteiger partial charge in [0.05, 0.1) is 6.61 Å². The Hall–Kier alpha value is -0.790. The van der Waals surface area contributed by atoms with E-state index >= 15 is 0 Å². The Morgan fingerprint density at radius 3 is 1.50 bits per heavy atom. The molecule has 0 bridgehead atoms. The summed E-state index contributed by atoms with van der Waals surface area (Å²) in [4.78, 5) is 11.6. The van der Waals surface area contributed by atoms with Gasteiger partial charge in [0.1, 0.15) is 0 Å². The molecular formula is C22H40O2. The summed E-state index contributed by atoms with van der Waals surface area (Å²) < 4.78 is 5.32. The highest BCUT2D eigenvalue weighted by Crippen LogP contribution is 2.13. The van der Waals surface area contributed by atoms with Crippen LogP contribution in [0.1, 0.15) is 116 Å². The number of cyclic esters (lactones) is 1. The van der Waals surface area contributed by atoms with E-state index in [9.17, 15) is 4.79 Å². The number of esters is 1. The zero-order valence-corrected chi connectivity index (χ0v) is 15.9. The highest BCUT2D eigenvalue weighted by Gasteiger charge is 2.02. The number of ether oxygens (including phenoxy) is 1. The summed E-state index contributed by atoms with van der Waals surface area (Å²) in [5.41, 5.74) is 0. The third-order valence-electron chi connectivity index (χ3n) is 4.95. The molecule has 1 aliphatic heterocycles. The van der Waals surface area contributed by atoms with E-state index < -0.39 is 0 Å². The molecule has 0 aliphatic carbocycles. The summed E-state index contributed by atoms with van der Waals surface area (Å²) >= 11 is 0. The highest BCUT2D eigenvalue weighted by molar-refractivity contribution is 5.69. The number of allylic oxidation sites excluding steroid dienone is 2. The van der Waals surface area contributed by atoms with Crippen molar-refractivity contribution in [3.8, 4) is 0 Å². The topological polar surface area (TPSA) is 26.3 Å². The molecule has 0 atom stereocenters. The van der Waals surface area contributed by atoms with Gasteiger partial charge in [-0.1, -0.05) is 82.8 Å². The van der Waals surface area contributed by atoms with Gasteiger partial charge in [-0.25, -0.2) is 0 Å². The summed E-state index contributed by atoms with van der Waals surface area (Å²) in [6.45, 7) is 0.627. The van der Waals surface area contributed by atoms with Gasteiger partial charge in [0.15, 0.2) is 0 Å². The van der Waals surface area contributed by atoms with E-state index in [0.29, 0.717) is 13.0 Å². The van der Waals surface area contributed by atoms with Crippen molar-refractivity contribution in [2.24, 2.45) is 0 Å². The number of carbonyl (C=O) groups excluding carboxylic acids is 1. The van der Waals surface area contributed by atoms with Crippen LogP contribution in [0.15, 0.2) is 12.2 Å². The average molecular weight is 337 g/mol. The van der Waals surface area contributed by atoms with Gasteiger partial charge in [0, 0.05) is 6.42 Å². The molecule has 0 unspecified atom stereocenters. The molecule has 1 rings (SSSR count). The fraction of sp³-hybridized carbons (Fsp3) is 0.864. The lowest BCUT2D eigenvalue weighted by atomic mass is 10.1. The smallest absolute Gasteiger partial charge is 0.305 e. The van der Waals surface area contributed by atoms with Gasteiger partial charge in [-0.15, -0.1) is 0 Å². The van der Waals surface area contributed by atoms with E-state index in [1.165, 1.54) is 96.3 Å². The molecule has 0 aromatic rings. The maximum absolute atomic E-state index is 11.6. The minimum atomic E-state index is 0.0141. The zero-order chi connectivity index (χ0) is 17.1. The molecule has 24 heavy (non-hydrogen) atoms. The first-order valence-corrected chi connectivity index (χ1v) is 10.7. The second-order valence-corrected chi connectivity index (χ2v) is 7.32. The van der Waals surface area contributed by atoms with Crippen LogP contribution in [-0.4, -0.2) is 12.6 Å². The van der Waals surface area contributed by atoms with E-state index in [1.54, 1.807) is 0 Å². The molecule has 0 saturated carbocycles. The summed E-state index contributed by atoms with van der Waals surface area (Å²) in [5.74, 6) is 0.0141. The molecular weight excluding hydrogens is 296 g/mol. The maximum Gasteiger partial charge on any atom is 0.305 e. The summed E-state index contributed by atoms with van der Waals surface area (Å²) in [5, 5.41) is 0. The maximum atomic E-state index is 11.6. The first-order valence-electron chi connectivity index (χ1n) is 10.7. The number of carbonyl (C=O) groups is 1. The molecule has 0 N–H and O–H groups in total. The van der Waals surface area contributed by atoms with Crippen molar-refractivity contribution in [2.75, 3.05) is 6.61 Å². The Labute approximate surface area is 150 Å². The standard InChI is InChI=1S/C22H40O2/c23-22-20-18-16-14-12-10-8-6-4-2-1-3-5-7-9-11-13-15-17-19-21-24-22/h3,5H,1-2,4,6-21H2/b5-3-. The van der Waals surface area contributed by atoms with Crippen LogP contribution in [0.2, 0.25) is 0 Å². The first-order chi connectivity index (χ1) is 11.9. The predicted molar refractivity (Wildman–Crippen MR) is 103 cm³/mol. The fourth-order valence-corrected chi connectivity index (χ4v) is 3.33. The van der Waals surface area contributed by atoms with Crippen LogP contribution in [0.3, 0.4) is 0 Å². The molecule has 2 heteroatoms. The first kappa shape index (κ1) is 21.3. The minimum absolute atomic E-state index is 0.0141. The van der Waals surface area contributed by atoms with Crippen LogP contribution in [0.5, 0.6) is 0 Å². The van der Waals surface area contributed by atoms with E-state index in [1.807, 2.05) is 0 Å². The third kappa shape index (κ3) is 14.8. The normalized spacial score (nSPS) is 23.9. The molecule has 0 aromatic carbocycles. The minimum Gasteiger partial charge on any atom is -0.466 e. The van der Waals surface area contributed by atoms with Crippen molar-refractivity contribution in [2.45, 2.75) is 116 Å². The molecule has 0 spiro atoms. The molecule has 0 radical (unpaired) electrons. The fourth-order valence-electron chi connectivity index (χ4n) is 3.33. The van der Waals surface area contributed by atoms with Crippen molar-refractivity contribution in [3.05, 3.63) is 12.2 Å². The van der Waals surface area contributed by atoms with Crippen molar-refractivity contribution in [3.63, 3.8) is 0 Å². The van der Waals surface area contributed by atoms with Gasteiger partial charge in [-0.3, -0.25) is 4.79 Å². The Morgan fingerprint density at radius 1 is 0.542 bits per heavy atom. The molecule has 1 heterocycles. The van der Waals surface area contributed by atoms with Crippen LogP contribution >= 0.6 is 0 Å². The number of rotatable bonds is 0. The van der Waals surface area contributed by atoms with E-state index in [4.69, 9.17) is 4.74 Å². The molecule has 140 valence electrons. The molecule has 0 aromatic heterocycles. The van der Waals surface area contributed by atoms with Gasteiger partial charge in [-0.05, 0) is 38.5 Å². The second-order valence-electron chi connectivity index (χ2n) is 7.32. The zero-order valence-electron chi connectivity index (χ0n) is 15.9. The second kappa shape index (κ2) is 17.0. The molecule has 2 nitrogen and oxygen atoms in total. The average Bonchev–Trinajstić information content (AvgIpc) is 2.58. The lowest BCUT2D eigenvalue weighted by molar-refractivity contribution is -0.143. The quantitative estimate of drug-likeness (QED) is 0.347.